The van der Waals surface area contributed by atoms with Crippen LogP contribution in [0.2, 0.25) is 0 Å². The molecule has 1 rings (SSSR count). The van der Waals surface area contributed by atoms with E-state index >= 15 is 0 Å². The standard InChI is InChI=1S/C15H22F2OS/c16-13-10-14(17)12-15(11-13)18-8-6-4-2-1-3-5-7-9-19/h10-12,19H,1-9H2. The molecule has 0 aliphatic rings. The lowest BCUT2D eigenvalue weighted by atomic mass is 10.1. The van der Waals surface area contributed by atoms with Gasteiger partial charge in [-0.1, -0.05) is 32.1 Å². The fourth-order valence-corrected chi connectivity index (χ4v) is 2.12. The van der Waals surface area contributed by atoms with Crippen molar-refractivity contribution >= 4 is 12.6 Å². The molecule has 0 aliphatic heterocycles. The Morgan fingerprint density at radius 3 is 1.89 bits per heavy atom. The van der Waals surface area contributed by atoms with Crippen molar-refractivity contribution in [3.63, 3.8) is 0 Å². The second-order valence-electron chi connectivity index (χ2n) is 4.65. The molecule has 108 valence electrons. The monoisotopic (exact) mass is 288 g/mol. The number of hydrogen-bond donors (Lipinski definition) is 1. The zero-order chi connectivity index (χ0) is 13.9. The van der Waals surface area contributed by atoms with Gasteiger partial charge in [-0.05, 0) is 18.6 Å². The van der Waals surface area contributed by atoms with Crippen molar-refractivity contribution in [2.45, 2.75) is 44.9 Å². The maximum absolute atomic E-state index is 12.9. The van der Waals surface area contributed by atoms with Crippen LogP contribution in [0.25, 0.3) is 0 Å². The van der Waals surface area contributed by atoms with E-state index in [1.165, 1.54) is 44.2 Å². The largest absolute Gasteiger partial charge is 0.493 e. The Hall–Kier alpha value is -0.770. The van der Waals surface area contributed by atoms with Gasteiger partial charge in [0, 0.05) is 18.2 Å². The van der Waals surface area contributed by atoms with E-state index in [2.05, 4.69) is 12.6 Å². The van der Waals surface area contributed by atoms with Crippen molar-refractivity contribution in [2.75, 3.05) is 12.4 Å². The highest BCUT2D eigenvalue weighted by Gasteiger charge is 2.01. The van der Waals surface area contributed by atoms with Crippen LogP contribution < -0.4 is 4.74 Å². The lowest BCUT2D eigenvalue weighted by Crippen LogP contribution is -1.98. The molecule has 0 atom stereocenters. The molecule has 4 heteroatoms. The van der Waals surface area contributed by atoms with Crippen molar-refractivity contribution in [2.24, 2.45) is 0 Å². The van der Waals surface area contributed by atoms with E-state index in [0.717, 1.165) is 24.7 Å². The van der Waals surface area contributed by atoms with E-state index in [9.17, 15) is 8.78 Å². The Morgan fingerprint density at radius 1 is 0.789 bits per heavy atom. The Morgan fingerprint density at radius 2 is 1.32 bits per heavy atom. The topological polar surface area (TPSA) is 9.23 Å². The van der Waals surface area contributed by atoms with Gasteiger partial charge in [-0.25, -0.2) is 8.78 Å². The molecule has 0 amide bonds. The summed E-state index contributed by atoms with van der Waals surface area (Å²) in [6.07, 6.45) is 8.15. The number of unbranched alkanes of at least 4 members (excludes halogenated alkanes) is 6. The minimum Gasteiger partial charge on any atom is -0.493 e. The third-order valence-electron chi connectivity index (χ3n) is 2.91. The molecule has 0 N–H and O–H groups in total. The maximum Gasteiger partial charge on any atom is 0.129 e. The van der Waals surface area contributed by atoms with Crippen LogP contribution in [0, 0.1) is 11.6 Å². The van der Waals surface area contributed by atoms with Gasteiger partial charge in [-0.2, -0.15) is 12.6 Å². The van der Waals surface area contributed by atoms with E-state index in [0.29, 0.717) is 6.61 Å². The predicted octanol–water partition coefficient (Wildman–Crippen LogP) is 5.00. The molecule has 0 unspecified atom stereocenters. The summed E-state index contributed by atoms with van der Waals surface area (Å²) < 4.78 is 31.1. The number of halogens is 2. The number of thiol groups is 1. The fourth-order valence-electron chi connectivity index (χ4n) is 1.90. The Labute approximate surface area is 119 Å². The van der Waals surface area contributed by atoms with Crippen LogP contribution in [0.1, 0.15) is 44.9 Å². The predicted molar refractivity (Wildman–Crippen MR) is 78.0 cm³/mol. The average Bonchev–Trinajstić information content (AvgIpc) is 2.36. The van der Waals surface area contributed by atoms with Gasteiger partial charge in [0.1, 0.15) is 17.4 Å². The highest BCUT2D eigenvalue weighted by molar-refractivity contribution is 7.80. The average molecular weight is 288 g/mol. The summed E-state index contributed by atoms with van der Waals surface area (Å²) >= 11 is 4.17. The van der Waals surface area contributed by atoms with Crippen molar-refractivity contribution in [1.82, 2.24) is 0 Å². The minimum atomic E-state index is -0.598. The van der Waals surface area contributed by atoms with Crippen LogP contribution in [0.15, 0.2) is 18.2 Å². The van der Waals surface area contributed by atoms with Gasteiger partial charge in [0.15, 0.2) is 0 Å². The van der Waals surface area contributed by atoms with Crippen LogP contribution in [0.5, 0.6) is 5.75 Å². The smallest absolute Gasteiger partial charge is 0.129 e. The van der Waals surface area contributed by atoms with E-state index in [4.69, 9.17) is 4.74 Å². The third kappa shape index (κ3) is 8.09. The summed E-state index contributed by atoms with van der Waals surface area (Å²) in [7, 11) is 0. The number of rotatable bonds is 10. The molecule has 0 bridgehead atoms. The van der Waals surface area contributed by atoms with Crippen LogP contribution in [-0.4, -0.2) is 12.4 Å². The van der Waals surface area contributed by atoms with E-state index in [1.807, 2.05) is 0 Å². The van der Waals surface area contributed by atoms with Gasteiger partial charge in [0.2, 0.25) is 0 Å². The highest BCUT2D eigenvalue weighted by Crippen LogP contribution is 2.16. The summed E-state index contributed by atoms with van der Waals surface area (Å²) in [5, 5.41) is 0. The molecule has 0 aromatic heterocycles. The number of hydrogen-bond acceptors (Lipinski definition) is 2. The van der Waals surface area contributed by atoms with Gasteiger partial charge >= 0.3 is 0 Å². The van der Waals surface area contributed by atoms with E-state index < -0.39 is 11.6 Å². The zero-order valence-electron chi connectivity index (χ0n) is 11.2. The quantitative estimate of drug-likeness (QED) is 0.470. The highest BCUT2D eigenvalue weighted by atomic mass is 32.1. The number of benzene rings is 1. The second-order valence-corrected chi connectivity index (χ2v) is 5.10. The van der Waals surface area contributed by atoms with Crippen LogP contribution >= 0.6 is 12.6 Å². The van der Waals surface area contributed by atoms with E-state index in [1.54, 1.807) is 0 Å². The SMILES string of the molecule is Fc1cc(F)cc(OCCCCCCCCCS)c1. The van der Waals surface area contributed by atoms with E-state index in [-0.39, 0.29) is 5.75 Å². The molecule has 0 saturated carbocycles. The van der Waals surface area contributed by atoms with Gasteiger partial charge in [-0.3, -0.25) is 0 Å². The van der Waals surface area contributed by atoms with Crippen LogP contribution in [-0.2, 0) is 0 Å². The summed E-state index contributed by atoms with van der Waals surface area (Å²) in [6, 6.07) is 3.26. The first-order valence-corrected chi connectivity index (χ1v) is 7.55. The van der Waals surface area contributed by atoms with Gasteiger partial charge < -0.3 is 4.74 Å². The first-order valence-electron chi connectivity index (χ1n) is 6.92. The maximum atomic E-state index is 12.9. The molecule has 0 fully saturated rings. The molecule has 0 radical (unpaired) electrons. The van der Waals surface area contributed by atoms with Crippen LogP contribution in [0.3, 0.4) is 0 Å². The molecule has 0 saturated heterocycles. The summed E-state index contributed by atoms with van der Waals surface area (Å²) in [5.74, 6) is 0.0440. The van der Waals surface area contributed by atoms with Gasteiger partial charge in [0.05, 0.1) is 6.61 Å². The number of ether oxygens (including phenoxy) is 1. The molecule has 19 heavy (non-hydrogen) atoms. The van der Waals surface area contributed by atoms with Crippen molar-refractivity contribution < 1.29 is 13.5 Å². The molecular weight excluding hydrogens is 266 g/mol. The van der Waals surface area contributed by atoms with Crippen molar-refractivity contribution in [1.29, 1.82) is 0 Å². The molecule has 0 heterocycles. The fraction of sp³-hybridized carbons (Fsp3) is 0.600. The normalized spacial score (nSPS) is 10.7. The first-order chi connectivity index (χ1) is 9.22. The first kappa shape index (κ1) is 16.3. The molecule has 0 spiro atoms. The molecule has 0 aliphatic carbocycles. The van der Waals surface area contributed by atoms with Crippen molar-refractivity contribution in [3.8, 4) is 5.75 Å². The molecule has 1 aromatic rings. The molecule has 1 aromatic carbocycles. The summed E-state index contributed by atoms with van der Waals surface area (Å²) in [4.78, 5) is 0. The van der Waals surface area contributed by atoms with Crippen LogP contribution in [0.4, 0.5) is 8.78 Å². The Bertz CT molecular complexity index is 338. The van der Waals surface area contributed by atoms with Gasteiger partial charge in [-0.15, -0.1) is 0 Å². The summed E-state index contributed by atoms with van der Waals surface area (Å²) in [6.45, 7) is 0.513. The third-order valence-corrected chi connectivity index (χ3v) is 3.22. The minimum absolute atomic E-state index is 0.270. The lowest BCUT2D eigenvalue weighted by Gasteiger charge is -2.06. The van der Waals surface area contributed by atoms with Gasteiger partial charge in [0.25, 0.3) is 0 Å². The Balaban J connectivity index is 2.01. The van der Waals surface area contributed by atoms with Crippen molar-refractivity contribution in [3.05, 3.63) is 29.8 Å². The lowest BCUT2D eigenvalue weighted by molar-refractivity contribution is 0.301. The summed E-state index contributed by atoms with van der Waals surface area (Å²) in [5.41, 5.74) is 0. The molecular formula is C15H22F2OS. The second kappa shape index (κ2) is 10.1. The molecule has 1 nitrogen and oxygen atoms in total. The zero-order valence-corrected chi connectivity index (χ0v) is 12.1. The Kier molecular flexibility index (Phi) is 8.63.